The lowest BCUT2D eigenvalue weighted by molar-refractivity contribution is -0.0904. The molecule has 1 saturated carbocycles. The largest absolute Gasteiger partial charge is 0.352 e. The Balaban J connectivity index is 0.0000000950. The number of ether oxygens (including phenoxy) is 2. The van der Waals surface area contributed by atoms with Gasteiger partial charge in [-0.15, -0.1) is 0 Å². The minimum absolute atomic E-state index is 0.176. The highest BCUT2D eigenvalue weighted by Gasteiger charge is 2.40. The van der Waals surface area contributed by atoms with Crippen molar-refractivity contribution in [1.82, 2.24) is 5.32 Å². The predicted molar refractivity (Wildman–Crippen MR) is 52.9 cm³/mol. The Morgan fingerprint density at radius 2 is 1.50 bits per heavy atom. The maximum absolute atomic E-state index is 5.25. The summed E-state index contributed by atoms with van der Waals surface area (Å²) in [7, 11) is 0. The lowest BCUT2D eigenvalue weighted by Gasteiger charge is -2.03. The van der Waals surface area contributed by atoms with Gasteiger partial charge in [-0.3, -0.25) is 0 Å². The van der Waals surface area contributed by atoms with Gasteiger partial charge in [0.15, 0.2) is 6.29 Å². The van der Waals surface area contributed by atoms with Crippen LogP contribution in [0.3, 0.4) is 0 Å². The third kappa shape index (κ3) is 1.81. The van der Waals surface area contributed by atoms with Crippen molar-refractivity contribution in [3.05, 3.63) is 0 Å². The lowest BCUT2D eigenvalue weighted by Crippen LogP contribution is -2.10. The van der Waals surface area contributed by atoms with E-state index in [-0.39, 0.29) is 6.29 Å². The van der Waals surface area contributed by atoms with E-state index in [1.807, 2.05) is 0 Å². The van der Waals surface area contributed by atoms with Crippen molar-refractivity contribution in [2.24, 2.45) is 17.8 Å². The molecule has 0 aromatic heterocycles. The minimum atomic E-state index is 0.176. The summed E-state index contributed by atoms with van der Waals surface area (Å²) in [6, 6.07) is 0. The van der Waals surface area contributed by atoms with E-state index in [1.54, 1.807) is 0 Å². The first-order chi connectivity index (χ1) is 6.93. The van der Waals surface area contributed by atoms with Crippen LogP contribution < -0.4 is 5.32 Å². The second-order valence-electron chi connectivity index (χ2n) is 4.86. The molecule has 0 amide bonds. The standard InChI is InChI=1S/C6H10O2.C5H9N/c1-3-7-6-5(1)2-4-8-6;1-4-2-6-3-5(1)4/h5-6H,1-4H2;4-6H,1-3H2. The van der Waals surface area contributed by atoms with E-state index in [4.69, 9.17) is 9.47 Å². The summed E-state index contributed by atoms with van der Waals surface area (Å²) in [5, 5.41) is 3.32. The highest BCUT2D eigenvalue weighted by molar-refractivity contribution is 4.94. The van der Waals surface area contributed by atoms with Crippen LogP contribution >= 0.6 is 0 Å². The second-order valence-corrected chi connectivity index (χ2v) is 4.86. The van der Waals surface area contributed by atoms with Crippen LogP contribution in [0.1, 0.15) is 19.3 Å². The van der Waals surface area contributed by atoms with Gasteiger partial charge in [0.25, 0.3) is 0 Å². The molecule has 0 bridgehead atoms. The van der Waals surface area contributed by atoms with Gasteiger partial charge in [-0.2, -0.15) is 0 Å². The molecule has 0 radical (unpaired) electrons. The van der Waals surface area contributed by atoms with Crippen LogP contribution in [0.25, 0.3) is 0 Å². The average molecular weight is 197 g/mol. The number of hydrogen-bond donors (Lipinski definition) is 1. The fraction of sp³-hybridized carbons (Fsp3) is 1.00. The van der Waals surface area contributed by atoms with Gasteiger partial charge in [-0.25, -0.2) is 0 Å². The molecule has 3 aliphatic heterocycles. The van der Waals surface area contributed by atoms with Crippen LogP contribution in [0.15, 0.2) is 0 Å². The minimum Gasteiger partial charge on any atom is -0.352 e. The fourth-order valence-electron chi connectivity index (χ4n) is 2.67. The summed E-state index contributed by atoms with van der Waals surface area (Å²) in [4.78, 5) is 0. The summed E-state index contributed by atoms with van der Waals surface area (Å²) >= 11 is 0. The number of fused-ring (bicyclic) bond motifs is 2. The van der Waals surface area contributed by atoms with Crippen molar-refractivity contribution in [2.75, 3.05) is 26.3 Å². The summed E-state index contributed by atoms with van der Waals surface area (Å²) in [5.74, 6) is 2.94. The zero-order chi connectivity index (χ0) is 9.38. The SMILES string of the molecule is C1CC2CCOC2O1.C1NCC2CC12. The van der Waals surface area contributed by atoms with E-state index in [0.717, 1.165) is 31.0 Å². The summed E-state index contributed by atoms with van der Waals surface area (Å²) in [5.41, 5.74) is 0. The molecule has 4 rings (SSSR count). The van der Waals surface area contributed by atoms with Gasteiger partial charge in [0, 0.05) is 5.92 Å². The molecule has 3 heterocycles. The zero-order valence-corrected chi connectivity index (χ0v) is 8.58. The van der Waals surface area contributed by atoms with Crippen LogP contribution in [-0.4, -0.2) is 32.6 Å². The molecule has 0 aromatic carbocycles. The summed E-state index contributed by atoms with van der Waals surface area (Å²) < 4.78 is 10.5. The van der Waals surface area contributed by atoms with Crippen LogP contribution in [0, 0.1) is 17.8 Å². The maximum atomic E-state index is 5.25. The normalized spacial score (nSPS) is 48.0. The smallest absolute Gasteiger partial charge is 0.160 e. The molecule has 1 aliphatic carbocycles. The number of piperidine rings is 1. The number of rotatable bonds is 0. The highest BCUT2D eigenvalue weighted by Crippen LogP contribution is 2.40. The first kappa shape index (κ1) is 9.13. The van der Waals surface area contributed by atoms with Crippen molar-refractivity contribution >= 4 is 0 Å². The van der Waals surface area contributed by atoms with Crippen molar-refractivity contribution in [2.45, 2.75) is 25.6 Å². The lowest BCUT2D eigenvalue weighted by atomic mass is 10.1. The summed E-state index contributed by atoms with van der Waals surface area (Å²) in [6.07, 6.45) is 4.12. The predicted octanol–water partition coefficient (Wildman–Crippen LogP) is 0.995. The Morgan fingerprint density at radius 3 is 1.86 bits per heavy atom. The van der Waals surface area contributed by atoms with Crippen LogP contribution in [0.4, 0.5) is 0 Å². The summed E-state index contributed by atoms with van der Waals surface area (Å²) in [6.45, 7) is 4.44. The molecule has 2 atom stereocenters. The molecule has 0 aromatic rings. The molecule has 80 valence electrons. The van der Waals surface area contributed by atoms with E-state index < -0.39 is 0 Å². The Hall–Kier alpha value is -0.120. The number of nitrogens with one attached hydrogen (secondary N) is 1. The first-order valence-electron chi connectivity index (χ1n) is 5.87. The van der Waals surface area contributed by atoms with Gasteiger partial charge < -0.3 is 14.8 Å². The molecule has 14 heavy (non-hydrogen) atoms. The Kier molecular flexibility index (Phi) is 2.48. The molecule has 3 heteroatoms. The molecule has 0 spiro atoms. The highest BCUT2D eigenvalue weighted by atomic mass is 16.7. The van der Waals surface area contributed by atoms with E-state index in [2.05, 4.69) is 5.32 Å². The van der Waals surface area contributed by atoms with Crippen molar-refractivity contribution < 1.29 is 9.47 Å². The van der Waals surface area contributed by atoms with Crippen molar-refractivity contribution in [1.29, 1.82) is 0 Å². The fourth-order valence-corrected chi connectivity index (χ4v) is 2.67. The molecule has 1 N–H and O–H groups in total. The quantitative estimate of drug-likeness (QED) is 0.628. The van der Waals surface area contributed by atoms with Crippen LogP contribution in [-0.2, 0) is 9.47 Å². The zero-order valence-electron chi connectivity index (χ0n) is 8.58. The molecule has 2 unspecified atom stereocenters. The van der Waals surface area contributed by atoms with Gasteiger partial charge in [-0.1, -0.05) is 0 Å². The Morgan fingerprint density at radius 1 is 0.857 bits per heavy atom. The molecular weight excluding hydrogens is 178 g/mol. The third-order valence-electron chi connectivity index (χ3n) is 3.81. The van der Waals surface area contributed by atoms with Gasteiger partial charge in [0.2, 0.25) is 0 Å². The van der Waals surface area contributed by atoms with E-state index in [1.165, 1.54) is 32.4 Å². The Labute approximate surface area is 85.1 Å². The molecule has 4 fully saturated rings. The van der Waals surface area contributed by atoms with Crippen molar-refractivity contribution in [3.8, 4) is 0 Å². The van der Waals surface area contributed by atoms with Crippen LogP contribution in [0.2, 0.25) is 0 Å². The topological polar surface area (TPSA) is 30.5 Å². The monoisotopic (exact) mass is 197 g/mol. The van der Waals surface area contributed by atoms with Crippen LogP contribution in [0.5, 0.6) is 0 Å². The number of hydrogen-bond acceptors (Lipinski definition) is 3. The molecular formula is C11H19NO2. The van der Waals surface area contributed by atoms with E-state index >= 15 is 0 Å². The second kappa shape index (κ2) is 3.80. The average Bonchev–Trinajstić information content (AvgIpc) is 2.66. The van der Waals surface area contributed by atoms with Gasteiger partial charge >= 0.3 is 0 Å². The Bertz CT molecular complexity index is 181. The maximum Gasteiger partial charge on any atom is 0.160 e. The molecule has 3 saturated heterocycles. The van der Waals surface area contributed by atoms with Gasteiger partial charge in [0.1, 0.15) is 0 Å². The molecule has 3 nitrogen and oxygen atoms in total. The van der Waals surface area contributed by atoms with Crippen molar-refractivity contribution in [3.63, 3.8) is 0 Å². The van der Waals surface area contributed by atoms with Gasteiger partial charge in [-0.05, 0) is 44.2 Å². The van der Waals surface area contributed by atoms with E-state index in [9.17, 15) is 0 Å². The first-order valence-corrected chi connectivity index (χ1v) is 5.87. The molecule has 4 aliphatic rings. The third-order valence-corrected chi connectivity index (χ3v) is 3.81. The van der Waals surface area contributed by atoms with E-state index in [0.29, 0.717) is 0 Å². The van der Waals surface area contributed by atoms with Gasteiger partial charge in [0.05, 0.1) is 13.2 Å².